The molecule has 0 fully saturated rings. The molecule has 0 aliphatic carbocycles. The van der Waals surface area contributed by atoms with Crippen molar-refractivity contribution in [1.29, 1.82) is 10.5 Å². The lowest BCUT2D eigenvalue weighted by Crippen LogP contribution is -1.94. The molecule has 0 N–H and O–H groups in total. The summed E-state index contributed by atoms with van der Waals surface area (Å²) in [5, 5.41) is 32.6. The zero-order valence-corrected chi connectivity index (χ0v) is 74.4. The Balaban J connectivity index is 0.000000119. The quantitative estimate of drug-likeness (QED) is 0.0896. The Hall–Kier alpha value is -19.3. The third-order valence-electron chi connectivity index (χ3n) is 25.1. The first kappa shape index (κ1) is 84.2. The van der Waals surface area contributed by atoms with Gasteiger partial charge in [-0.1, -0.05) is 237 Å². The number of aromatic nitrogens is 9. The molecule has 0 unspecified atom stereocenters. The summed E-state index contributed by atoms with van der Waals surface area (Å²) in [5.74, 6) is 0. The lowest BCUT2D eigenvalue weighted by molar-refractivity contribution is 1.22. The third kappa shape index (κ3) is 17.9. The third-order valence-corrected chi connectivity index (χ3v) is 25.1. The zero-order chi connectivity index (χ0) is 92.6. The molecular weight excluding hydrogens is 1680 g/mol. The van der Waals surface area contributed by atoms with Crippen LogP contribution in [0.15, 0.2) is 474 Å². The van der Waals surface area contributed by atoms with Gasteiger partial charge in [-0.05, 0) is 365 Å². The molecule has 0 aliphatic rings. The Morgan fingerprint density at radius 2 is 0.428 bits per heavy atom. The maximum atomic E-state index is 9.29. The van der Waals surface area contributed by atoms with Crippen LogP contribution < -0.4 is 0 Å². The lowest BCUT2D eigenvalue weighted by Gasteiger charge is -2.14. The molecule has 0 spiro atoms. The van der Waals surface area contributed by atoms with Crippen LogP contribution in [0.2, 0.25) is 0 Å². The minimum Gasteiger partial charge on any atom is -0.255 e. The highest BCUT2D eigenvalue weighted by atomic mass is 14.8. The van der Waals surface area contributed by atoms with Crippen molar-refractivity contribution in [2.75, 3.05) is 0 Å². The largest absolute Gasteiger partial charge is 0.255 e. The molecule has 12 nitrogen and oxygen atoms in total. The van der Waals surface area contributed by atoms with Crippen LogP contribution >= 0.6 is 0 Å². The summed E-state index contributed by atoms with van der Waals surface area (Å²) in [5.41, 5.74) is 32.0. The van der Waals surface area contributed by atoms with E-state index in [-0.39, 0.29) is 0 Å². The molecular formula is C126H78N12. The maximum absolute atomic E-state index is 9.29. The second-order valence-electron chi connectivity index (χ2n) is 33.8. The zero-order valence-electron chi connectivity index (χ0n) is 74.4. The van der Waals surface area contributed by atoms with Gasteiger partial charge in [0.15, 0.2) is 5.69 Å². The van der Waals surface area contributed by atoms with Gasteiger partial charge < -0.3 is 0 Å². The van der Waals surface area contributed by atoms with E-state index in [1.165, 1.54) is 59.6 Å². The predicted molar refractivity (Wildman–Crippen MR) is 562 cm³/mol. The summed E-state index contributed by atoms with van der Waals surface area (Å²) in [6, 6.07) is 155. The standard InChI is InChI=1S/3C42H26N4/c1-43-36-18-16-28(17-19-36)37-24-29-8-2-3-9-30(29)25-38(37)34-15-14-31-22-33(13-12-32(31)23-34)35-26-41(39-10-4-6-20-44-39)46-42(27-35)40-11-5-7-21-45-40;43-27-28-10-12-29(13-11-28)37-7-5-6-35-24-33(18-19-38(35)37)31-14-15-32-23-34(17-16-30(32)22-31)36-25-41(39-8-1-3-20-44-39)46-42(26-36)40-9-2-4-21-45-40;43-27-28-11-13-29(14-12-28)38-24-35(23-34-7-1-2-8-37(34)38)32-17-15-31-22-33(18-16-30(31)21-32)36-25-41(39-9-3-5-19-44-39)46-42(26-36)40-10-4-6-20-45-40/h2-27H;2*1-26H. The van der Waals surface area contributed by atoms with Gasteiger partial charge >= 0.3 is 0 Å². The fourth-order valence-electron chi connectivity index (χ4n) is 18.1. The second kappa shape index (κ2) is 37.9. The van der Waals surface area contributed by atoms with Crippen molar-refractivity contribution in [3.05, 3.63) is 497 Å². The number of hydrogen-bond acceptors (Lipinski definition) is 11. The van der Waals surface area contributed by atoms with Crippen LogP contribution in [0.1, 0.15) is 11.1 Å². The molecule has 9 aromatic heterocycles. The summed E-state index contributed by atoms with van der Waals surface area (Å²) in [4.78, 5) is 45.7. The second-order valence-corrected chi connectivity index (χ2v) is 33.8. The first-order chi connectivity index (χ1) is 68.1. The van der Waals surface area contributed by atoms with E-state index < -0.39 is 0 Å². The number of benzene rings is 15. The van der Waals surface area contributed by atoms with Crippen molar-refractivity contribution in [3.63, 3.8) is 0 Å². The van der Waals surface area contributed by atoms with E-state index in [0.717, 1.165) is 174 Å². The molecule has 0 bridgehead atoms. The Kier molecular flexibility index (Phi) is 23.1. The first-order valence-corrected chi connectivity index (χ1v) is 45.4. The summed E-state index contributed by atoms with van der Waals surface area (Å²) >= 11 is 0. The van der Waals surface area contributed by atoms with Crippen molar-refractivity contribution in [3.8, 4) is 181 Å². The smallest absolute Gasteiger partial charge is 0.187 e. The van der Waals surface area contributed by atoms with Crippen molar-refractivity contribution in [2.24, 2.45) is 0 Å². The topological polar surface area (TPSA) is 168 Å². The van der Waals surface area contributed by atoms with Crippen LogP contribution in [0.5, 0.6) is 0 Å². The van der Waals surface area contributed by atoms with Gasteiger partial charge in [0.2, 0.25) is 0 Å². The molecule has 24 rings (SSSR count). The van der Waals surface area contributed by atoms with Crippen molar-refractivity contribution in [1.82, 2.24) is 44.9 Å². The van der Waals surface area contributed by atoms with Crippen LogP contribution in [0.3, 0.4) is 0 Å². The van der Waals surface area contributed by atoms with Crippen LogP contribution in [0.4, 0.5) is 5.69 Å². The van der Waals surface area contributed by atoms with Crippen molar-refractivity contribution >= 4 is 70.3 Å². The SMILES string of the molecule is N#Cc1ccc(-c2cc(-c3ccc4cc(-c5cc(-c6ccccn6)nc(-c6ccccn6)c5)ccc4c3)cc3ccccc23)cc1.N#Cc1ccc(-c2cccc3cc(-c4ccc5cc(-c6cc(-c7ccccn7)nc(-c7ccccn7)c6)ccc5c4)ccc23)cc1.[C-]#[N+]c1ccc(-c2cc3ccccc3cc2-c2ccc3cc(-c4cc(-c5ccccn5)nc(-c5ccccn5)c4)ccc3c2)cc1. The number of fused-ring (bicyclic) bond motifs is 6. The summed E-state index contributed by atoms with van der Waals surface area (Å²) in [7, 11) is 0. The number of nitrogens with zero attached hydrogens (tertiary/aromatic N) is 12. The molecule has 138 heavy (non-hydrogen) atoms. The van der Waals surface area contributed by atoms with E-state index in [4.69, 9.17) is 21.5 Å². The van der Waals surface area contributed by atoms with Gasteiger partial charge in [0.05, 0.1) is 98.2 Å². The number of rotatable bonds is 15. The van der Waals surface area contributed by atoms with Crippen LogP contribution in [0, 0.1) is 29.2 Å². The van der Waals surface area contributed by atoms with Gasteiger partial charge in [-0.3, -0.25) is 29.9 Å². The molecule has 0 saturated heterocycles. The van der Waals surface area contributed by atoms with Crippen LogP contribution in [-0.2, 0) is 0 Å². The van der Waals surface area contributed by atoms with Gasteiger partial charge in [-0.15, -0.1) is 0 Å². The Bertz CT molecular complexity index is 8690. The van der Waals surface area contributed by atoms with Gasteiger partial charge in [0.1, 0.15) is 0 Å². The minimum absolute atomic E-state index is 0.640. The molecule has 0 aliphatic heterocycles. The Morgan fingerprint density at radius 1 is 0.174 bits per heavy atom. The molecule has 0 saturated carbocycles. The summed E-state index contributed by atoms with van der Waals surface area (Å²) in [6.45, 7) is 7.37. The molecule has 24 aromatic rings. The highest BCUT2D eigenvalue weighted by Gasteiger charge is 2.20. The molecule has 12 heteroatoms. The fourth-order valence-corrected chi connectivity index (χ4v) is 18.1. The summed E-state index contributed by atoms with van der Waals surface area (Å²) in [6.07, 6.45) is 10.8. The van der Waals surface area contributed by atoms with E-state index in [1.807, 2.05) is 182 Å². The van der Waals surface area contributed by atoms with Crippen molar-refractivity contribution < 1.29 is 0 Å². The first-order valence-electron chi connectivity index (χ1n) is 45.4. The minimum atomic E-state index is 0.640. The van der Waals surface area contributed by atoms with E-state index in [2.05, 4.69) is 302 Å². The highest BCUT2D eigenvalue weighted by molar-refractivity contribution is 6.04. The highest BCUT2D eigenvalue weighted by Crippen LogP contribution is 2.44. The fraction of sp³-hybridized carbons (Fsp3) is 0. The van der Waals surface area contributed by atoms with Crippen LogP contribution in [0.25, 0.3) is 238 Å². The maximum Gasteiger partial charge on any atom is 0.187 e. The van der Waals surface area contributed by atoms with E-state index in [0.29, 0.717) is 16.8 Å². The van der Waals surface area contributed by atoms with E-state index >= 15 is 0 Å². The molecule has 642 valence electrons. The number of pyridine rings is 9. The average molecular weight is 1760 g/mol. The monoisotopic (exact) mass is 1760 g/mol. The normalized spacial score (nSPS) is 11.0. The van der Waals surface area contributed by atoms with E-state index in [1.54, 1.807) is 37.2 Å². The lowest BCUT2D eigenvalue weighted by atomic mass is 9.90. The van der Waals surface area contributed by atoms with Gasteiger partial charge in [0, 0.05) is 37.2 Å². The average Bonchev–Trinajstić information content (AvgIpc) is 0.762. The molecule has 15 aromatic carbocycles. The Morgan fingerprint density at radius 3 is 0.783 bits per heavy atom. The van der Waals surface area contributed by atoms with Gasteiger partial charge in [0.25, 0.3) is 0 Å². The molecule has 0 radical (unpaired) electrons. The van der Waals surface area contributed by atoms with Crippen LogP contribution in [-0.4, -0.2) is 44.9 Å². The molecule has 9 heterocycles. The van der Waals surface area contributed by atoms with Crippen molar-refractivity contribution in [2.45, 2.75) is 0 Å². The molecule has 0 amide bonds. The van der Waals surface area contributed by atoms with Gasteiger partial charge in [-0.25, -0.2) is 19.8 Å². The molecule has 0 atom stereocenters. The number of hydrogen-bond donors (Lipinski definition) is 0. The Labute approximate surface area is 797 Å². The summed E-state index contributed by atoms with van der Waals surface area (Å²) < 4.78 is 0. The van der Waals surface area contributed by atoms with E-state index in [9.17, 15) is 10.5 Å². The number of nitriles is 2. The predicted octanol–water partition coefficient (Wildman–Crippen LogP) is 31.8. The van der Waals surface area contributed by atoms with Gasteiger partial charge in [-0.2, -0.15) is 10.5 Å².